The van der Waals surface area contributed by atoms with E-state index in [1.165, 1.54) is 12.1 Å². The highest BCUT2D eigenvalue weighted by molar-refractivity contribution is 5.48. The maximum Gasteiger partial charge on any atom is 0.123 e. The van der Waals surface area contributed by atoms with Crippen molar-refractivity contribution in [2.45, 2.75) is 6.42 Å². The Hall–Kier alpha value is -1.27. The highest BCUT2D eigenvalue weighted by Crippen LogP contribution is 2.23. The lowest BCUT2D eigenvalue weighted by atomic mass is 9.89. The van der Waals surface area contributed by atoms with Crippen LogP contribution in [0.25, 0.3) is 6.08 Å². The highest BCUT2D eigenvalue weighted by atomic mass is 19.1. The van der Waals surface area contributed by atoms with Gasteiger partial charge < -0.3 is 9.84 Å². The monoisotopic (exact) mass is 348 g/mol. The van der Waals surface area contributed by atoms with Crippen molar-refractivity contribution >= 4 is 6.08 Å². The van der Waals surface area contributed by atoms with Gasteiger partial charge in [-0.05, 0) is 36.0 Å². The minimum absolute atomic E-state index is 0.204. The smallest absolute Gasteiger partial charge is 0.123 e. The van der Waals surface area contributed by atoms with Crippen LogP contribution in [0.15, 0.2) is 30.3 Å². The maximum atomic E-state index is 12.9. The number of halogens is 1. The summed E-state index contributed by atoms with van der Waals surface area (Å²) in [5.41, 5.74) is 1.02. The lowest BCUT2D eigenvalue weighted by Crippen LogP contribution is -2.47. The molecule has 1 aromatic carbocycles. The average molecular weight is 348 g/mol. The molecule has 0 aliphatic carbocycles. The van der Waals surface area contributed by atoms with Crippen LogP contribution in [0.1, 0.15) is 12.0 Å². The van der Waals surface area contributed by atoms with Crippen LogP contribution in [-0.4, -0.2) is 74.0 Å². The van der Waals surface area contributed by atoms with Crippen molar-refractivity contribution < 1.29 is 14.2 Å². The molecule has 0 saturated carbocycles. The largest absolute Gasteiger partial charge is 0.396 e. The molecular weight excluding hydrogens is 319 g/mol. The average Bonchev–Trinajstić information content (AvgIpc) is 2.64. The number of morpholine rings is 1. The normalized spacial score (nSPS) is 26.3. The van der Waals surface area contributed by atoms with Crippen LogP contribution < -0.4 is 0 Å². The summed E-state index contributed by atoms with van der Waals surface area (Å²) in [6.07, 6.45) is 5.28. The van der Waals surface area contributed by atoms with Gasteiger partial charge in [0, 0.05) is 45.9 Å². The van der Waals surface area contributed by atoms with Crippen molar-refractivity contribution in [3.05, 3.63) is 41.7 Å². The first-order valence-electron chi connectivity index (χ1n) is 9.28. The molecule has 0 amide bonds. The molecule has 0 aromatic heterocycles. The molecule has 25 heavy (non-hydrogen) atoms. The summed E-state index contributed by atoms with van der Waals surface area (Å²) < 4.78 is 18.4. The topological polar surface area (TPSA) is 35.9 Å². The van der Waals surface area contributed by atoms with E-state index in [1.807, 2.05) is 6.08 Å². The Morgan fingerprint density at radius 3 is 2.52 bits per heavy atom. The van der Waals surface area contributed by atoms with Gasteiger partial charge in [-0.1, -0.05) is 24.3 Å². The number of aliphatic hydroxyl groups excluding tert-OH is 1. The van der Waals surface area contributed by atoms with Crippen LogP contribution in [0.3, 0.4) is 0 Å². The van der Waals surface area contributed by atoms with Crippen LogP contribution in [0.5, 0.6) is 0 Å². The maximum absolute atomic E-state index is 12.9. The molecule has 2 saturated heterocycles. The van der Waals surface area contributed by atoms with Crippen LogP contribution >= 0.6 is 0 Å². The van der Waals surface area contributed by atoms with Crippen molar-refractivity contribution in [1.29, 1.82) is 0 Å². The predicted molar refractivity (Wildman–Crippen MR) is 97.8 cm³/mol. The first-order valence-corrected chi connectivity index (χ1v) is 9.28. The summed E-state index contributed by atoms with van der Waals surface area (Å²) >= 11 is 0. The van der Waals surface area contributed by atoms with Crippen molar-refractivity contribution in [3.63, 3.8) is 0 Å². The summed E-state index contributed by atoms with van der Waals surface area (Å²) in [6, 6.07) is 6.56. The minimum atomic E-state index is -0.204. The van der Waals surface area contributed by atoms with Crippen LogP contribution in [-0.2, 0) is 4.74 Å². The van der Waals surface area contributed by atoms with Gasteiger partial charge in [-0.25, -0.2) is 4.39 Å². The van der Waals surface area contributed by atoms with Gasteiger partial charge in [-0.15, -0.1) is 0 Å². The van der Waals surface area contributed by atoms with Crippen LogP contribution in [0.2, 0.25) is 0 Å². The molecule has 2 aliphatic heterocycles. The molecule has 0 radical (unpaired) electrons. The molecule has 4 nitrogen and oxygen atoms in total. The molecule has 0 bridgehead atoms. The Morgan fingerprint density at radius 2 is 1.80 bits per heavy atom. The first kappa shape index (κ1) is 18.5. The van der Waals surface area contributed by atoms with Gasteiger partial charge in [0.05, 0.1) is 13.2 Å². The standard InChI is InChI=1S/C20H29FN2O2/c21-20-5-3-17(4-6-20)2-1-7-23-14-18(12-19(15-23)16-24)13-22-8-10-25-11-9-22/h1-6,18-19,24H,7-16H2/t18-,19-/m1/s1. The summed E-state index contributed by atoms with van der Waals surface area (Å²) in [4.78, 5) is 4.91. The van der Waals surface area contributed by atoms with E-state index in [4.69, 9.17) is 4.74 Å². The zero-order chi connectivity index (χ0) is 17.5. The molecule has 2 aliphatic rings. The zero-order valence-electron chi connectivity index (χ0n) is 14.8. The van der Waals surface area contributed by atoms with Crippen molar-refractivity contribution in [3.8, 4) is 0 Å². The zero-order valence-corrected chi connectivity index (χ0v) is 14.8. The fraction of sp³-hybridized carbons (Fsp3) is 0.600. The minimum Gasteiger partial charge on any atom is -0.396 e. The van der Waals surface area contributed by atoms with E-state index in [0.29, 0.717) is 11.8 Å². The van der Waals surface area contributed by atoms with Gasteiger partial charge in [-0.3, -0.25) is 9.80 Å². The molecule has 1 N–H and O–H groups in total. The third-order valence-electron chi connectivity index (χ3n) is 5.12. The van der Waals surface area contributed by atoms with E-state index in [1.54, 1.807) is 12.1 Å². The van der Waals surface area contributed by atoms with Gasteiger partial charge in [0.15, 0.2) is 0 Å². The third kappa shape index (κ3) is 5.89. The Balaban J connectivity index is 1.51. The Labute approximate surface area is 149 Å². The summed E-state index contributed by atoms with van der Waals surface area (Å²) in [6.45, 7) is 7.95. The number of benzene rings is 1. The summed E-state index contributed by atoms with van der Waals surface area (Å²) in [5.74, 6) is 0.757. The Morgan fingerprint density at radius 1 is 1.08 bits per heavy atom. The van der Waals surface area contributed by atoms with Crippen LogP contribution in [0.4, 0.5) is 4.39 Å². The van der Waals surface area contributed by atoms with Crippen molar-refractivity contribution in [2.24, 2.45) is 11.8 Å². The second kappa shape index (κ2) is 9.43. The second-order valence-electron chi connectivity index (χ2n) is 7.24. The van der Waals surface area contributed by atoms with Gasteiger partial charge in [0.25, 0.3) is 0 Å². The molecule has 3 rings (SSSR count). The summed E-state index contributed by atoms with van der Waals surface area (Å²) in [5, 5.41) is 9.65. The second-order valence-corrected chi connectivity index (χ2v) is 7.24. The Kier molecular flexibility index (Phi) is 6.99. The highest BCUT2D eigenvalue weighted by Gasteiger charge is 2.28. The molecule has 2 atom stereocenters. The van der Waals surface area contributed by atoms with E-state index in [0.717, 1.165) is 64.5 Å². The molecule has 2 fully saturated rings. The lowest BCUT2D eigenvalue weighted by Gasteiger charge is -2.39. The number of rotatable bonds is 6. The van der Waals surface area contributed by atoms with E-state index >= 15 is 0 Å². The summed E-state index contributed by atoms with van der Waals surface area (Å²) in [7, 11) is 0. The van der Waals surface area contributed by atoms with Crippen LogP contribution in [0, 0.1) is 17.7 Å². The number of ether oxygens (including phenoxy) is 1. The van der Waals surface area contributed by atoms with E-state index in [2.05, 4.69) is 15.9 Å². The molecule has 0 unspecified atom stereocenters. The predicted octanol–water partition coefficient (Wildman–Crippen LogP) is 2.10. The molecule has 1 aromatic rings. The number of hydrogen-bond donors (Lipinski definition) is 1. The molecule has 0 spiro atoms. The number of hydrogen-bond acceptors (Lipinski definition) is 4. The SMILES string of the molecule is OC[C@@H]1C[C@H](CN2CCOCC2)CN(CC=Cc2ccc(F)cc2)C1. The number of piperidine rings is 1. The fourth-order valence-corrected chi connectivity index (χ4v) is 3.90. The number of likely N-dealkylation sites (tertiary alicyclic amines) is 1. The van der Waals surface area contributed by atoms with Gasteiger partial charge >= 0.3 is 0 Å². The van der Waals surface area contributed by atoms with Crippen molar-refractivity contribution in [1.82, 2.24) is 9.80 Å². The molecule has 5 heteroatoms. The number of nitrogens with zero attached hydrogens (tertiary/aromatic N) is 2. The Bertz CT molecular complexity index is 543. The third-order valence-corrected chi connectivity index (χ3v) is 5.12. The first-order chi connectivity index (χ1) is 12.2. The molecular formula is C20H29FN2O2. The van der Waals surface area contributed by atoms with Gasteiger partial charge in [0.1, 0.15) is 5.82 Å². The van der Waals surface area contributed by atoms with E-state index in [-0.39, 0.29) is 12.4 Å². The molecule has 138 valence electrons. The lowest BCUT2D eigenvalue weighted by molar-refractivity contribution is 0.0145. The van der Waals surface area contributed by atoms with E-state index < -0.39 is 0 Å². The van der Waals surface area contributed by atoms with Gasteiger partial charge in [-0.2, -0.15) is 0 Å². The fourth-order valence-electron chi connectivity index (χ4n) is 3.90. The molecule has 2 heterocycles. The number of aliphatic hydroxyl groups is 1. The van der Waals surface area contributed by atoms with Crippen molar-refractivity contribution in [2.75, 3.05) is 59.1 Å². The van der Waals surface area contributed by atoms with E-state index in [9.17, 15) is 9.50 Å². The quantitative estimate of drug-likeness (QED) is 0.854. The van der Waals surface area contributed by atoms with Gasteiger partial charge in [0.2, 0.25) is 0 Å².